The van der Waals surface area contributed by atoms with Crippen molar-refractivity contribution in [3.8, 4) is 11.5 Å². The highest BCUT2D eigenvalue weighted by molar-refractivity contribution is 6.15. The van der Waals surface area contributed by atoms with Crippen molar-refractivity contribution in [2.75, 3.05) is 13.2 Å². The zero-order valence-electron chi connectivity index (χ0n) is 27.5. The highest BCUT2D eigenvalue weighted by atomic mass is 16.6. The molecule has 1 fully saturated rings. The second-order valence-corrected chi connectivity index (χ2v) is 13.1. The van der Waals surface area contributed by atoms with Gasteiger partial charge in [0.15, 0.2) is 6.61 Å². The number of carbonyl (C=O) groups excluding carboxylic acids is 4. The van der Waals surface area contributed by atoms with Crippen LogP contribution in [0, 0.1) is 28.6 Å². The minimum Gasteiger partial charge on any atom is -0.482 e. The van der Waals surface area contributed by atoms with Crippen molar-refractivity contribution in [2.24, 2.45) is 34.3 Å². The van der Waals surface area contributed by atoms with Crippen LogP contribution in [0.3, 0.4) is 0 Å². The Morgan fingerprint density at radius 3 is 2.20 bits per heavy atom. The summed E-state index contributed by atoms with van der Waals surface area (Å²) in [5.74, 6) is -1.88. The van der Waals surface area contributed by atoms with Crippen LogP contribution in [0.25, 0.3) is 0 Å². The Hall–Kier alpha value is -3.56. The van der Waals surface area contributed by atoms with Gasteiger partial charge in [-0.2, -0.15) is 0 Å². The molecule has 2 aromatic carbocycles. The average Bonchev–Trinajstić information content (AvgIpc) is 3.01. The van der Waals surface area contributed by atoms with Crippen molar-refractivity contribution in [3.05, 3.63) is 60.2 Å². The lowest BCUT2D eigenvalue weighted by Crippen LogP contribution is -2.72. The van der Waals surface area contributed by atoms with E-state index in [0.29, 0.717) is 24.3 Å². The number of Topliss-reactive ketones (excluding diaryl/α,β-unsaturated/α-hetero) is 2. The van der Waals surface area contributed by atoms with Crippen LogP contribution in [0.5, 0.6) is 11.5 Å². The Bertz CT molecular complexity index is 1330. The Balaban J connectivity index is 2.15. The number of carbonyl (C=O) groups is 4. The van der Waals surface area contributed by atoms with E-state index in [2.05, 4.69) is 5.32 Å². The van der Waals surface area contributed by atoms with E-state index < -0.39 is 52.3 Å². The first kappa shape index (κ1) is 35.9. The molecule has 0 saturated heterocycles. The van der Waals surface area contributed by atoms with Gasteiger partial charge in [0.25, 0.3) is 0 Å². The van der Waals surface area contributed by atoms with Gasteiger partial charge in [0, 0.05) is 25.4 Å². The smallest absolute Gasteiger partial charge is 0.349 e. The second-order valence-electron chi connectivity index (χ2n) is 13.1. The maximum atomic E-state index is 14.4. The maximum absolute atomic E-state index is 14.4. The van der Waals surface area contributed by atoms with Crippen LogP contribution in [-0.2, 0) is 25.6 Å². The number of aliphatic hydroxyl groups is 1. The summed E-state index contributed by atoms with van der Waals surface area (Å²) in [6, 6.07) is 14.6. The van der Waals surface area contributed by atoms with Crippen molar-refractivity contribution >= 4 is 23.4 Å². The predicted molar refractivity (Wildman–Crippen MR) is 173 cm³/mol. The fourth-order valence-corrected chi connectivity index (χ4v) is 6.74. The number of hydrogen-bond donors (Lipinski definition) is 3. The van der Waals surface area contributed by atoms with Gasteiger partial charge in [-0.05, 0) is 54.4 Å². The average molecular weight is 623 g/mol. The lowest BCUT2D eigenvalue weighted by Gasteiger charge is -2.55. The van der Waals surface area contributed by atoms with Crippen LogP contribution in [0.1, 0.15) is 72.8 Å². The van der Waals surface area contributed by atoms with Crippen LogP contribution in [-0.4, -0.2) is 53.8 Å². The standard InChI is InChI=1S/C36H50N2O7/c1-7-25(6)21-38-34(43)36(24(4)5)31(40)18-17-30(39)35(36,33(42)28(37)19-23(2)3)20-26-13-11-12-16-29(26)45-32(41)22-44-27-14-9-8-10-15-27/h8-16,23-25,28,33,42H,7,17-22,37H2,1-6H3,(H,38,43)/t25?,28-,33+,35?,36-/m0/s1. The molecule has 45 heavy (non-hydrogen) atoms. The molecular formula is C36H50N2O7. The third-order valence-corrected chi connectivity index (χ3v) is 9.17. The van der Waals surface area contributed by atoms with Crippen LogP contribution in [0.4, 0.5) is 0 Å². The van der Waals surface area contributed by atoms with Gasteiger partial charge >= 0.3 is 5.97 Å². The summed E-state index contributed by atoms with van der Waals surface area (Å²) in [6.45, 7) is 11.3. The van der Waals surface area contributed by atoms with E-state index in [1.54, 1.807) is 62.4 Å². The van der Waals surface area contributed by atoms with E-state index in [0.717, 1.165) is 6.42 Å². The van der Waals surface area contributed by atoms with E-state index in [1.807, 2.05) is 33.8 Å². The summed E-state index contributed by atoms with van der Waals surface area (Å²) in [5, 5.41) is 15.2. The van der Waals surface area contributed by atoms with E-state index >= 15 is 0 Å². The molecule has 0 heterocycles. The van der Waals surface area contributed by atoms with Gasteiger partial charge in [-0.3, -0.25) is 14.4 Å². The van der Waals surface area contributed by atoms with Gasteiger partial charge in [0.2, 0.25) is 5.91 Å². The third kappa shape index (κ3) is 7.64. The number of aliphatic hydroxyl groups excluding tert-OH is 1. The summed E-state index contributed by atoms with van der Waals surface area (Å²) in [5.41, 5.74) is 3.18. The monoisotopic (exact) mass is 622 g/mol. The van der Waals surface area contributed by atoms with E-state index in [1.165, 1.54) is 0 Å². The van der Waals surface area contributed by atoms with Gasteiger partial charge in [-0.15, -0.1) is 0 Å². The van der Waals surface area contributed by atoms with Gasteiger partial charge < -0.3 is 25.6 Å². The lowest BCUT2D eigenvalue weighted by atomic mass is 9.45. The minimum atomic E-state index is -1.92. The first-order valence-electron chi connectivity index (χ1n) is 16.1. The molecule has 0 radical (unpaired) electrons. The molecule has 1 aliphatic rings. The highest BCUT2D eigenvalue weighted by Gasteiger charge is 2.70. The molecule has 2 unspecified atom stereocenters. The van der Waals surface area contributed by atoms with E-state index in [9.17, 15) is 24.3 Å². The first-order chi connectivity index (χ1) is 21.3. The molecule has 9 nitrogen and oxygen atoms in total. The first-order valence-corrected chi connectivity index (χ1v) is 16.1. The van der Waals surface area contributed by atoms with Crippen LogP contribution in [0.2, 0.25) is 0 Å². The molecule has 1 aliphatic carbocycles. The molecule has 0 aromatic heterocycles. The molecule has 246 valence electrons. The summed E-state index contributed by atoms with van der Waals surface area (Å²) < 4.78 is 11.3. The number of para-hydroxylation sites is 2. The zero-order valence-corrected chi connectivity index (χ0v) is 27.5. The molecule has 0 bridgehead atoms. The Morgan fingerprint density at radius 1 is 0.956 bits per heavy atom. The molecular weight excluding hydrogens is 572 g/mol. The summed E-state index contributed by atoms with van der Waals surface area (Å²) in [7, 11) is 0. The van der Waals surface area contributed by atoms with Gasteiger partial charge in [-0.1, -0.05) is 84.4 Å². The number of benzene rings is 2. The number of ketones is 2. The summed E-state index contributed by atoms with van der Waals surface area (Å²) >= 11 is 0. The third-order valence-electron chi connectivity index (χ3n) is 9.17. The number of nitrogens with one attached hydrogen (secondary N) is 1. The van der Waals surface area contributed by atoms with Crippen LogP contribution in [0.15, 0.2) is 54.6 Å². The summed E-state index contributed by atoms with van der Waals surface area (Å²) in [6.07, 6.45) is -0.859. The molecule has 5 atom stereocenters. The van der Waals surface area contributed by atoms with Crippen molar-refractivity contribution < 1.29 is 33.8 Å². The zero-order chi connectivity index (χ0) is 33.4. The predicted octanol–water partition coefficient (Wildman–Crippen LogP) is 4.67. The lowest BCUT2D eigenvalue weighted by molar-refractivity contribution is -0.184. The van der Waals surface area contributed by atoms with E-state index in [4.69, 9.17) is 15.2 Å². The normalized spacial score (nSPS) is 22.2. The SMILES string of the molecule is CCC(C)CNC(=O)[C@]1(C(C)C)C(=O)CCC(=O)C1(Cc1ccccc1OC(=O)COc1ccccc1)[C@H](O)[C@@H](N)CC(C)C. The van der Waals surface area contributed by atoms with Crippen LogP contribution < -0.4 is 20.5 Å². The molecule has 0 aliphatic heterocycles. The van der Waals surface area contributed by atoms with Gasteiger partial charge in [0.1, 0.15) is 28.5 Å². The number of ether oxygens (including phenoxy) is 2. The fraction of sp³-hybridized carbons (Fsp3) is 0.556. The molecule has 1 saturated carbocycles. The van der Waals surface area contributed by atoms with Crippen molar-refractivity contribution in [1.82, 2.24) is 5.32 Å². The second kappa shape index (κ2) is 15.6. The minimum absolute atomic E-state index is 0.0756. The largest absolute Gasteiger partial charge is 0.482 e. The van der Waals surface area contributed by atoms with Gasteiger partial charge in [0.05, 0.1) is 11.5 Å². The van der Waals surface area contributed by atoms with E-state index in [-0.39, 0.29) is 43.5 Å². The molecule has 1 amide bonds. The maximum Gasteiger partial charge on any atom is 0.349 e. The topological polar surface area (TPSA) is 145 Å². The quantitative estimate of drug-likeness (QED) is 0.148. The number of esters is 1. The molecule has 3 rings (SSSR count). The van der Waals surface area contributed by atoms with Crippen molar-refractivity contribution in [3.63, 3.8) is 0 Å². The number of nitrogens with two attached hydrogens (primary N) is 1. The number of rotatable bonds is 15. The fourth-order valence-electron chi connectivity index (χ4n) is 6.74. The Labute approximate surface area is 267 Å². The van der Waals surface area contributed by atoms with Crippen molar-refractivity contribution in [2.45, 2.75) is 85.8 Å². The number of hydrogen-bond acceptors (Lipinski definition) is 8. The molecule has 0 spiro atoms. The molecule has 2 aromatic rings. The molecule has 9 heteroatoms. The Morgan fingerprint density at radius 2 is 1.58 bits per heavy atom. The Kier molecular flexibility index (Phi) is 12.5. The highest BCUT2D eigenvalue weighted by Crippen LogP contribution is 2.56. The summed E-state index contributed by atoms with van der Waals surface area (Å²) in [4.78, 5) is 56.0. The number of amides is 1. The molecule has 4 N–H and O–H groups in total. The van der Waals surface area contributed by atoms with Crippen LogP contribution >= 0.6 is 0 Å². The van der Waals surface area contributed by atoms with Gasteiger partial charge in [-0.25, -0.2) is 4.79 Å². The van der Waals surface area contributed by atoms with Crippen molar-refractivity contribution in [1.29, 1.82) is 0 Å².